The van der Waals surface area contributed by atoms with Gasteiger partial charge in [-0.1, -0.05) is 25.6 Å². The van der Waals surface area contributed by atoms with Crippen molar-refractivity contribution in [1.82, 2.24) is 19.7 Å². The Morgan fingerprint density at radius 2 is 1.92 bits per heavy atom. The minimum atomic E-state index is -0.0676. The highest BCUT2D eigenvalue weighted by Gasteiger charge is 2.30. The Kier molecular flexibility index (Phi) is 6.62. The third kappa shape index (κ3) is 4.72. The summed E-state index contributed by atoms with van der Waals surface area (Å²) in [4.78, 5) is 14.0. The Morgan fingerprint density at radius 3 is 2.42 bits per heavy atom. The molecule has 1 fully saturated rings. The van der Waals surface area contributed by atoms with Crippen LogP contribution in [0.4, 0.5) is 0 Å². The van der Waals surface area contributed by atoms with Gasteiger partial charge in [-0.15, -0.1) is 10.2 Å². The van der Waals surface area contributed by atoms with Crippen molar-refractivity contribution >= 4 is 17.7 Å². The van der Waals surface area contributed by atoms with E-state index in [1.807, 2.05) is 12.1 Å². The molecule has 128 valence electrons. The molecule has 0 aromatic carbocycles. The second kappa shape index (κ2) is 8.70. The van der Waals surface area contributed by atoms with Gasteiger partial charge in [0.05, 0.1) is 30.7 Å². The Balaban J connectivity index is 2.00. The van der Waals surface area contributed by atoms with Crippen molar-refractivity contribution < 1.29 is 4.79 Å². The second-order valence-electron chi connectivity index (χ2n) is 6.08. The van der Waals surface area contributed by atoms with E-state index in [0.29, 0.717) is 25.0 Å². The number of rotatable bonds is 9. The lowest BCUT2D eigenvalue weighted by atomic mass is 10.2. The molecule has 1 heterocycles. The quantitative estimate of drug-likeness (QED) is 0.637. The van der Waals surface area contributed by atoms with Crippen LogP contribution in [0.3, 0.4) is 0 Å². The molecular formula is C16H22N6OS. The topological polar surface area (TPSA) is 98.6 Å². The Hall–Kier alpha value is -2.06. The van der Waals surface area contributed by atoms with Gasteiger partial charge in [0.1, 0.15) is 5.82 Å². The van der Waals surface area contributed by atoms with Crippen molar-refractivity contribution in [3.05, 3.63) is 5.82 Å². The molecule has 2 rings (SSSR count). The van der Waals surface area contributed by atoms with E-state index in [-0.39, 0.29) is 24.5 Å². The van der Waals surface area contributed by atoms with E-state index >= 15 is 0 Å². The molecule has 1 aromatic heterocycles. The summed E-state index contributed by atoms with van der Waals surface area (Å²) in [6, 6.07) is 4.54. The largest absolute Gasteiger partial charge is 0.340 e. The smallest absolute Gasteiger partial charge is 0.233 e. The molecule has 1 aliphatic carbocycles. The number of nitriles is 2. The molecule has 1 aliphatic rings. The van der Waals surface area contributed by atoms with Crippen molar-refractivity contribution in [2.75, 3.05) is 18.8 Å². The summed E-state index contributed by atoms with van der Waals surface area (Å²) in [5.41, 5.74) is 0. The number of thioether (sulfide) groups is 1. The minimum Gasteiger partial charge on any atom is -0.340 e. The lowest BCUT2D eigenvalue weighted by Gasteiger charge is -2.20. The summed E-state index contributed by atoms with van der Waals surface area (Å²) >= 11 is 1.39. The Bertz CT molecular complexity index is 635. The van der Waals surface area contributed by atoms with Gasteiger partial charge in [-0.05, 0) is 12.8 Å². The predicted octanol–water partition coefficient (Wildman–Crippen LogP) is 2.48. The summed E-state index contributed by atoms with van der Waals surface area (Å²) in [6.07, 6.45) is 2.82. The maximum Gasteiger partial charge on any atom is 0.233 e. The zero-order chi connectivity index (χ0) is 17.5. The first-order chi connectivity index (χ1) is 11.6. The van der Waals surface area contributed by atoms with Gasteiger partial charge in [-0.3, -0.25) is 4.79 Å². The van der Waals surface area contributed by atoms with E-state index < -0.39 is 0 Å². The van der Waals surface area contributed by atoms with Gasteiger partial charge < -0.3 is 9.47 Å². The van der Waals surface area contributed by atoms with Crippen molar-refractivity contribution in [1.29, 1.82) is 10.5 Å². The van der Waals surface area contributed by atoms with Crippen LogP contribution < -0.4 is 0 Å². The van der Waals surface area contributed by atoms with Gasteiger partial charge >= 0.3 is 0 Å². The average Bonchev–Trinajstić information content (AvgIpc) is 3.31. The molecule has 1 amide bonds. The molecule has 0 aliphatic heterocycles. The molecule has 0 bridgehead atoms. The van der Waals surface area contributed by atoms with Gasteiger partial charge in [-0.2, -0.15) is 10.5 Å². The molecule has 0 saturated heterocycles. The van der Waals surface area contributed by atoms with Crippen molar-refractivity contribution in [3.63, 3.8) is 0 Å². The summed E-state index contributed by atoms with van der Waals surface area (Å²) < 4.78 is 2.16. The van der Waals surface area contributed by atoms with Gasteiger partial charge in [0.15, 0.2) is 5.16 Å². The first-order valence-corrected chi connectivity index (χ1v) is 9.16. The van der Waals surface area contributed by atoms with Gasteiger partial charge in [-0.25, -0.2) is 0 Å². The van der Waals surface area contributed by atoms with Crippen LogP contribution in [0.1, 0.15) is 57.3 Å². The zero-order valence-corrected chi connectivity index (χ0v) is 14.9. The van der Waals surface area contributed by atoms with Crippen LogP contribution in [-0.4, -0.2) is 44.4 Å². The molecule has 0 spiro atoms. The van der Waals surface area contributed by atoms with E-state index in [1.54, 1.807) is 4.90 Å². The van der Waals surface area contributed by atoms with Crippen molar-refractivity contribution in [3.8, 4) is 12.1 Å². The normalized spacial score (nSPS) is 13.5. The molecule has 0 radical (unpaired) electrons. The van der Waals surface area contributed by atoms with Gasteiger partial charge in [0.2, 0.25) is 5.91 Å². The lowest BCUT2D eigenvalue weighted by Crippen LogP contribution is -2.34. The highest BCUT2D eigenvalue weighted by atomic mass is 32.2. The maximum absolute atomic E-state index is 12.4. The summed E-state index contributed by atoms with van der Waals surface area (Å²) in [5.74, 6) is 1.45. The number of carbonyl (C=O) groups excluding carboxylic acids is 1. The number of hydrogen-bond donors (Lipinski definition) is 0. The summed E-state index contributed by atoms with van der Waals surface area (Å²) in [5, 5.41) is 26.7. The van der Waals surface area contributed by atoms with Crippen LogP contribution >= 0.6 is 11.8 Å². The molecule has 0 N–H and O–H groups in total. The monoisotopic (exact) mass is 346 g/mol. The number of nitrogens with zero attached hydrogens (tertiary/aromatic N) is 6. The Morgan fingerprint density at radius 1 is 1.29 bits per heavy atom. The molecular weight excluding hydrogens is 324 g/mol. The van der Waals surface area contributed by atoms with E-state index in [9.17, 15) is 4.79 Å². The fraction of sp³-hybridized carbons (Fsp3) is 0.688. The van der Waals surface area contributed by atoms with E-state index in [0.717, 1.165) is 23.8 Å². The fourth-order valence-electron chi connectivity index (χ4n) is 2.41. The highest BCUT2D eigenvalue weighted by molar-refractivity contribution is 7.99. The third-order valence-electron chi connectivity index (χ3n) is 3.78. The van der Waals surface area contributed by atoms with E-state index in [2.05, 4.69) is 28.6 Å². The van der Waals surface area contributed by atoms with Gasteiger partial charge in [0, 0.05) is 25.0 Å². The SMILES string of the molecule is CC(C)c1nnc(SCC(=O)N(CCC#N)CCC#N)n1C1CC1. The van der Waals surface area contributed by atoms with Crippen LogP contribution in [0.25, 0.3) is 0 Å². The number of amides is 1. The molecule has 8 heteroatoms. The fourth-order valence-corrected chi connectivity index (χ4v) is 3.32. The Labute approximate surface area is 146 Å². The molecule has 1 aromatic rings. The minimum absolute atomic E-state index is 0.0676. The number of aromatic nitrogens is 3. The second-order valence-corrected chi connectivity index (χ2v) is 7.02. The molecule has 24 heavy (non-hydrogen) atoms. The molecule has 0 unspecified atom stereocenters. The maximum atomic E-state index is 12.4. The van der Waals surface area contributed by atoms with Gasteiger partial charge in [0.25, 0.3) is 0 Å². The zero-order valence-electron chi connectivity index (χ0n) is 14.1. The molecule has 1 saturated carbocycles. The van der Waals surface area contributed by atoms with E-state index in [4.69, 9.17) is 10.5 Å². The lowest BCUT2D eigenvalue weighted by molar-refractivity contribution is -0.128. The van der Waals surface area contributed by atoms with E-state index in [1.165, 1.54) is 11.8 Å². The first-order valence-electron chi connectivity index (χ1n) is 8.17. The van der Waals surface area contributed by atoms with Crippen LogP contribution in [0.2, 0.25) is 0 Å². The van der Waals surface area contributed by atoms with Crippen molar-refractivity contribution in [2.45, 2.75) is 56.6 Å². The highest BCUT2D eigenvalue weighted by Crippen LogP contribution is 2.40. The number of hydrogen-bond acceptors (Lipinski definition) is 6. The standard InChI is InChI=1S/C16H22N6OS/c1-12(2)15-19-20-16(22(15)13-5-6-13)24-11-14(23)21(9-3-7-17)10-4-8-18/h12-13H,3-6,9-11H2,1-2H3. The van der Waals surface area contributed by atoms with Crippen LogP contribution in [0.5, 0.6) is 0 Å². The summed E-state index contributed by atoms with van der Waals surface area (Å²) in [6.45, 7) is 4.91. The summed E-state index contributed by atoms with van der Waals surface area (Å²) in [7, 11) is 0. The third-order valence-corrected chi connectivity index (χ3v) is 4.71. The average molecular weight is 346 g/mol. The van der Waals surface area contributed by atoms with Crippen LogP contribution in [0.15, 0.2) is 5.16 Å². The number of carbonyl (C=O) groups is 1. The van der Waals surface area contributed by atoms with Crippen molar-refractivity contribution in [2.24, 2.45) is 0 Å². The van der Waals surface area contributed by atoms with Crippen LogP contribution in [0, 0.1) is 22.7 Å². The van der Waals surface area contributed by atoms with Crippen LogP contribution in [-0.2, 0) is 4.79 Å². The first kappa shape index (κ1) is 18.3. The molecule has 0 atom stereocenters. The molecule has 7 nitrogen and oxygen atoms in total. The predicted molar refractivity (Wildman–Crippen MR) is 90.1 cm³/mol.